The van der Waals surface area contributed by atoms with E-state index in [1.165, 1.54) is 0 Å². The van der Waals surface area contributed by atoms with Crippen molar-refractivity contribution < 1.29 is 72.4 Å². The molecule has 23 heteroatoms. The van der Waals surface area contributed by atoms with Crippen LogP contribution in [0.5, 0.6) is 0 Å². The zero-order valence-corrected chi connectivity index (χ0v) is 59.4. The SMILES string of the molecule is C.CC[C@H](C)C(CC(=O)[C@@H](CCCN=C(N)N)NC(=O)[C@@H](CC(=O)[C@@H](NC(=O)OC(C)(C)C)[C@H](O)C(C)C)CC(C)C)C(=O)N[C@H](C(=O)CCC(=O)N[C@@H](CC(=O)NC(c1ccccc1)(c1ccccc1)c1ccccc1)C(=O)C[C@@H](COC(C)(C)C)C(=O)O)[C@H](C)OC(C)(C)C. The van der Waals surface area contributed by atoms with Crippen LogP contribution >= 0.6 is 0 Å². The number of carboxylic acids is 1. The second kappa shape index (κ2) is 39.5. The number of carboxylic acid groups (broad SMARTS) is 1. The molecule has 11 N–H and O–H groups in total. The average Bonchev–Trinajstić information content (AvgIpc) is 0.755. The molecule has 0 fully saturated rings. The number of aliphatic hydroxyl groups is 1. The molecule has 3 rings (SSSR count). The van der Waals surface area contributed by atoms with Crippen LogP contribution in [-0.4, -0.2) is 141 Å². The van der Waals surface area contributed by atoms with Crippen LogP contribution in [0.2, 0.25) is 0 Å². The van der Waals surface area contributed by atoms with E-state index < -0.39 is 186 Å². The molecule has 0 aliphatic carbocycles. The lowest BCUT2D eigenvalue weighted by Gasteiger charge is -2.37. The lowest BCUT2D eigenvalue weighted by Crippen LogP contribution is -2.54. The number of alkyl carbamates (subject to hydrolysis) is 1. The molecule has 0 aliphatic heterocycles. The van der Waals surface area contributed by atoms with Gasteiger partial charge in [-0.1, -0.05) is 146 Å². The van der Waals surface area contributed by atoms with Crippen molar-refractivity contribution in [3.8, 4) is 0 Å². The number of carbonyl (C=O) groups is 10. The number of guanidine groups is 1. The van der Waals surface area contributed by atoms with Gasteiger partial charge in [0.1, 0.15) is 23.2 Å². The third-order valence-electron chi connectivity index (χ3n) is 16.2. The van der Waals surface area contributed by atoms with Gasteiger partial charge in [0.15, 0.2) is 29.1 Å². The Balaban J connectivity index is 0.0000320. The summed E-state index contributed by atoms with van der Waals surface area (Å²) >= 11 is 0. The molecule has 540 valence electrons. The number of aliphatic carboxylic acids is 1. The normalized spacial score (nSPS) is 15.0. The molecule has 0 saturated carbocycles. The molecular formula is C74H114N8O15. The number of nitrogens with two attached hydrogens (primary N) is 2. The summed E-state index contributed by atoms with van der Waals surface area (Å²) in [4.78, 5) is 146. The van der Waals surface area contributed by atoms with E-state index >= 15 is 0 Å². The molecule has 10 atom stereocenters. The molecule has 0 bridgehead atoms. The van der Waals surface area contributed by atoms with Gasteiger partial charge >= 0.3 is 12.1 Å². The highest BCUT2D eigenvalue weighted by atomic mass is 16.6. The summed E-state index contributed by atoms with van der Waals surface area (Å²) in [5.74, 6) is -11.7. The number of carbonyl (C=O) groups excluding carboxylic acids is 9. The minimum Gasteiger partial charge on any atom is -0.481 e. The van der Waals surface area contributed by atoms with Gasteiger partial charge in [0.25, 0.3) is 0 Å². The van der Waals surface area contributed by atoms with Crippen molar-refractivity contribution in [3.63, 3.8) is 0 Å². The van der Waals surface area contributed by atoms with Crippen LogP contribution in [-0.2, 0) is 62.9 Å². The maximum Gasteiger partial charge on any atom is 0.408 e. The number of nitrogens with one attached hydrogen (secondary N) is 5. The summed E-state index contributed by atoms with van der Waals surface area (Å²) in [5, 5.41) is 35.5. The second-order valence-corrected chi connectivity index (χ2v) is 28.8. The second-order valence-electron chi connectivity index (χ2n) is 28.8. The Morgan fingerprint density at radius 2 is 1.08 bits per heavy atom. The predicted molar refractivity (Wildman–Crippen MR) is 375 cm³/mol. The number of aliphatic hydroxyl groups excluding tert-OH is 1. The number of ether oxygens (including phenoxy) is 3. The summed E-state index contributed by atoms with van der Waals surface area (Å²) in [5.41, 5.74) is 9.37. The molecule has 0 heterocycles. The number of rotatable bonds is 40. The number of ketones is 4. The fourth-order valence-electron chi connectivity index (χ4n) is 11.1. The van der Waals surface area contributed by atoms with Gasteiger partial charge in [0.05, 0.1) is 54.4 Å². The molecule has 97 heavy (non-hydrogen) atoms. The van der Waals surface area contributed by atoms with Gasteiger partial charge in [-0.25, -0.2) is 4.79 Å². The minimum absolute atomic E-state index is 0. The number of nitrogens with zero attached hydrogens (tertiary/aromatic N) is 1. The monoisotopic (exact) mass is 1350 g/mol. The van der Waals surface area contributed by atoms with Gasteiger partial charge in [-0.2, -0.15) is 0 Å². The quantitative estimate of drug-likeness (QED) is 0.0111. The predicted octanol–water partition coefficient (Wildman–Crippen LogP) is 8.81. The van der Waals surface area contributed by atoms with E-state index in [0.717, 1.165) is 0 Å². The molecule has 0 aliphatic rings. The standard InChI is InChI=1S/C73H110N8O15.CH4/c1-17-46(6)53(41-58(84)54(34-27-37-76-68(74)75)78-65(89)48(38-44(2)3)39-59(85)63(64(88)45(4)5)80-69(93)96-72(14,15)16)66(90)79-62(47(7)95-71(11,12)13)56(82)35-36-60(86)77-55(57(83)40-49(67(91)92)43-94-70(8,9)10)42-61(87)81-73(50-28-21-18-22-29-50,51-30-23-19-24-31-51)52-32-25-20-26-33-52;/h18-26,28-33,44-49,53-55,62-64,88H,17,27,34-43H2,1-16H3,(H,77,86)(H,78,89)(H,79,90)(H,80,93)(H,81,87)(H,91,92)(H4,74,75,76);1H4/t46-,47-,48+,49-,53?,54+,55-,62-,63+,64+;/m0./s1. The third kappa shape index (κ3) is 29.4. The van der Waals surface area contributed by atoms with E-state index in [-0.39, 0.29) is 51.7 Å². The maximum atomic E-state index is 14.9. The first kappa shape index (κ1) is 85.2. The summed E-state index contributed by atoms with van der Waals surface area (Å²) in [6, 6.07) is 21.9. The first-order valence-electron chi connectivity index (χ1n) is 33.4. The van der Waals surface area contributed by atoms with Gasteiger partial charge in [-0.05, 0) is 123 Å². The van der Waals surface area contributed by atoms with Gasteiger partial charge in [-0.3, -0.25) is 48.1 Å². The molecular weight excluding hydrogens is 1240 g/mol. The van der Waals surface area contributed by atoms with Crippen molar-refractivity contribution in [3.05, 3.63) is 108 Å². The Labute approximate surface area is 575 Å². The summed E-state index contributed by atoms with van der Waals surface area (Å²) in [6.07, 6.45) is -5.77. The maximum absolute atomic E-state index is 14.9. The highest BCUT2D eigenvalue weighted by Gasteiger charge is 2.42. The summed E-state index contributed by atoms with van der Waals surface area (Å²) < 4.78 is 17.5. The average molecular weight is 1360 g/mol. The third-order valence-corrected chi connectivity index (χ3v) is 16.2. The smallest absolute Gasteiger partial charge is 0.408 e. The van der Waals surface area contributed by atoms with Gasteiger partial charge in [-0.15, -0.1) is 0 Å². The van der Waals surface area contributed by atoms with E-state index in [4.69, 9.17) is 25.7 Å². The first-order valence-corrected chi connectivity index (χ1v) is 33.4. The van der Waals surface area contributed by atoms with Crippen LogP contribution in [0.25, 0.3) is 0 Å². The van der Waals surface area contributed by atoms with E-state index in [9.17, 15) is 58.2 Å². The molecule has 1 unspecified atom stereocenters. The van der Waals surface area contributed by atoms with Crippen LogP contribution in [0.15, 0.2) is 96.0 Å². The van der Waals surface area contributed by atoms with Gasteiger partial charge < -0.3 is 62.5 Å². The summed E-state index contributed by atoms with van der Waals surface area (Å²) in [6.45, 7) is 27.3. The van der Waals surface area contributed by atoms with E-state index in [1.807, 2.05) is 112 Å². The minimum atomic E-state index is -1.61. The Morgan fingerprint density at radius 3 is 1.54 bits per heavy atom. The largest absolute Gasteiger partial charge is 0.481 e. The van der Waals surface area contributed by atoms with Crippen molar-refractivity contribution in [1.82, 2.24) is 26.6 Å². The number of Topliss-reactive ketones (excluding diaryl/α,β-unsaturated/α-hetero) is 4. The van der Waals surface area contributed by atoms with Crippen LogP contribution in [0.1, 0.15) is 199 Å². The lowest BCUT2D eigenvalue weighted by molar-refractivity contribution is -0.148. The van der Waals surface area contributed by atoms with E-state index in [2.05, 4.69) is 31.6 Å². The highest BCUT2D eigenvalue weighted by Crippen LogP contribution is 2.37. The first-order chi connectivity index (χ1) is 44.7. The van der Waals surface area contributed by atoms with Crippen LogP contribution < -0.4 is 38.1 Å². The fraction of sp³-hybridized carbons (Fsp3) is 0.608. The van der Waals surface area contributed by atoms with Crippen LogP contribution in [0.4, 0.5) is 4.79 Å². The van der Waals surface area contributed by atoms with E-state index in [0.29, 0.717) is 23.1 Å². The van der Waals surface area contributed by atoms with Crippen molar-refractivity contribution in [2.75, 3.05) is 13.2 Å². The molecule has 5 amide bonds. The van der Waals surface area contributed by atoms with Crippen molar-refractivity contribution in [2.45, 2.75) is 241 Å². The highest BCUT2D eigenvalue weighted by molar-refractivity contribution is 5.98. The Kier molecular flexibility index (Phi) is 34.7. The Morgan fingerprint density at radius 1 is 0.567 bits per heavy atom. The number of hydrogen-bond donors (Lipinski definition) is 9. The summed E-state index contributed by atoms with van der Waals surface area (Å²) in [7, 11) is 0. The molecule has 0 radical (unpaired) electrons. The topological polar surface area (TPSA) is 363 Å². The number of aliphatic imine (C=N–C) groups is 1. The number of hydrogen-bond acceptors (Lipinski definition) is 15. The van der Waals surface area contributed by atoms with Gasteiger partial charge in [0, 0.05) is 50.5 Å². The van der Waals surface area contributed by atoms with Crippen molar-refractivity contribution in [2.24, 2.45) is 52.0 Å². The lowest BCUT2D eigenvalue weighted by atomic mass is 9.76. The molecule has 23 nitrogen and oxygen atoms in total. The Bertz CT molecular complexity index is 2970. The molecule has 3 aromatic carbocycles. The van der Waals surface area contributed by atoms with Crippen LogP contribution in [0, 0.1) is 35.5 Å². The fourth-order valence-corrected chi connectivity index (χ4v) is 11.1. The molecule has 0 aromatic heterocycles. The zero-order valence-electron chi connectivity index (χ0n) is 59.4. The molecule has 3 aromatic rings. The van der Waals surface area contributed by atoms with Crippen LogP contribution in [0.3, 0.4) is 0 Å². The van der Waals surface area contributed by atoms with Gasteiger partial charge in [0.2, 0.25) is 23.6 Å². The van der Waals surface area contributed by atoms with Crippen molar-refractivity contribution in [1.29, 1.82) is 0 Å². The molecule has 0 spiro atoms. The zero-order chi connectivity index (χ0) is 72.5. The number of amides is 5. The number of benzene rings is 3. The van der Waals surface area contributed by atoms with E-state index in [1.54, 1.807) is 90.0 Å². The Hall–Kier alpha value is -7.89. The van der Waals surface area contributed by atoms with Crippen molar-refractivity contribution >= 4 is 64.8 Å². The molecule has 0 saturated heterocycles.